The predicted octanol–water partition coefficient (Wildman–Crippen LogP) is 3.11. The zero-order valence-corrected chi connectivity index (χ0v) is 12.1. The van der Waals surface area contributed by atoms with Crippen molar-refractivity contribution in [1.29, 1.82) is 0 Å². The highest BCUT2D eigenvalue weighted by atomic mass is 32.2. The molecule has 3 N–H and O–H groups in total. The van der Waals surface area contributed by atoms with Gasteiger partial charge in [-0.1, -0.05) is 32.9 Å². The SMILES string of the molecule is CCSc1ccccc1NC(=O)C(N)CC(C)C. The minimum absolute atomic E-state index is 0.104. The Hall–Kier alpha value is -1.00. The first kappa shape index (κ1) is 15.1. The Morgan fingerprint density at radius 3 is 2.67 bits per heavy atom. The maximum atomic E-state index is 12.0. The molecular weight excluding hydrogens is 244 g/mol. The lowest BCUT2D eigenvalue weighted by Crippen LogP contribution is -2.36. The number of nitrogens with two attached hydrogens (primary N) is 1. The van der Waals surface area contributed by atoms with Crippen molar-refractivity contribution in [1.82, 2.24) is 0 Å². The molecular formula is C14H22N2OS. The van der Waals surface area contributed by atoms with Crippen LogP contribution in [-0.2, 0) is 4.79 Å². The Kier molecular flexibility index (Phi) is 6.22. The van der Waals surface area contributed by atoms with E-state index in [4.69, 9.17) is 5.73 Å². The molecule has 0 saturated heterocycles. The topological polar surface area (TPSA) is 55.1 Å². The summed E-state index contributed by atoms with van der Waals surface area (Å²) in [7, 11) is 0. The highest BCUT2D eigenvalue weighted by Gasteiger charge is 2.16. The third-order valence-corrected chi connectivity index (χ3v) is 3.46. The molecule has 4 heteroatoms. The van der Waals surface area contributed by atoms with E-state index in [9.17, 15) is 4.79 Å². The first-order chi connectivity index (χ1) is 8.54. The van der Waals surface area contributed by atoms with Gasteiger partial charge in [-0.3, -0.25) is 4.79 Å². The van der Waals surface area contributed by atoms with Gasteiger partial charge in [-0.25, -0.2) is 0 Å². The molecule has 0 spiro atoms. The summed E-state index contributed by atoms with van der Waals surface area (Å²) in [6.07, 6.45) is 0.703. The zero-order valence-electron chi connectivity index (χ0n) is 11.3. The van der Waals surface area contributed by atoms with Crippen LogP contribution >= 0.6 is 11.8 Å². The van der Waals surface area contributed by atoms with E-state index < -0.39 is 6.04 Å². The number of nitrogens with one attached hydrogen (secondary N) is 1. The van der Waals surface area contributed by atoms with E-state index >= 15 is 0 Å². The van der Waals surface area contributed by atoms with Gasteiger partial charge in [0, 0.05) is 4.90 Å². The molecule has 0 aliphatic rings. The fourth-order valence-electron chi connectivity index (χ4n) is 1.69. The van der Waals surface area contributed by atoms with Crippen molar-refractivity contribution in [3.63, 3.8) is 0 Å². The van der Waals surface area contributed by atoms with Crippen LogP contribution in [0.1, 0.15) is 27.2 Å². The minimum Gasteiger partial charge on any atom is -0.324 e. The molecule has 1 aromatic carbocycles. The molecule has 100 valence electrons. The second-order valence-electron chi connectivity index (χ2n) is 4.65. The van der Waals surface area contributed by atoms with Crippen molar-refractivity contribution < 1.29 is 4.79 Å². The fourth-order valence-corrected chi connectivity index (χ4v) is 2.45. The summed E-state index contributed by atoms with van der Waals surface area (Å²) in [5.74, 6) is 1.30. The van der Waals surface area contributed by atoms with Crippen LogP contribution in [0, 0.1) is 5.92 Å². The quantitative estimate of drug-likeness (QED) is 0.778. The van der Waals surface area contributed by atoms with Gasteiger partial charge in [0.15, 0.2) is 0 Å². The van der Waals surface area contributed by atoms with Crippen LogP contribution < -0.4 is 11.1 Å². The van der Waals surface area contributed by atoms with Gasteiger partial charge in [0.2, 0.25) is 5.91 Å². The van der Waals surface area contributed by atoms with Gasteiger partial charge < -0.3 is 11.1 Å². The molecule has 1 aromatic rings. The largest absolute Gasteiger partial charge is 0.324 e. The van der Waals surface area contributed by atoms with Crippen LogP contribution in [0.5, 0.6) is 0 Å². The number of hydrogen-bond donors (Lipinski definition) is 2. The average molecular weight is 266 g/mol. The van der Waals surface area contributed by atoms with Gasteiger partial charge in [0.05, 0.1) is 11.7 Å². The van der Waals surface area contributed by atoms with Gasteiger partial charge in [-0.05, 0) is 30.2 Å². The summed E-state index contributed by atoms with van der Waals surface area (Å²) in [5, 5.41) is 2.92. The molecule has 0 radical (unpaired) electrons. The molecule has 0 aliphatic heterocycles. The van der Waals surface area contributed by atoms with Gasteiger partial charge in [-0.2, -0.15) is 0 Å². The second-order valence-corrected chi connectivity index (χ2v) is 5.96. The van der Waals surface area contributed by atoms with E-state index in [1.165, 1.54) is 0 Å². The number of rotatable bonds is 6. The summed E-state index contributed by atoms with van der Waals surface area (Å²) < 4.78 is 0. The maximum absolute atomic E-state index is 12.0. The maximum Gasteiger partial charge on any atom is 0.241 e. The molecule has 1 rings (SSSR count). The van der Waals surface area contributed by atoms with Crippen LogP contribution in [-0.4, -0.2) is 17.7 Å². The molecule has 1 unspecified atom stereocenters. The van der Waals surface area contributed by atoms with Gasteiger partial charge in [0.25, 0.3) is 0 Å². The molecule has 3 nitrogen and oxygen atoms in total. The first-order valence-corrected chi connectivity index (χ1v) is 7.31. The lowest BCUT2D eigenvalue weighted by atomic mass is 10.0. The van der Waals surface area contributed by atoms with E-state index in [1.807, 2.05) is 24.3 Å². The molecule has 1 atom stereocenters. The lowest BCUT2D eigenvalue weighted by molar-refractivity contribution is -0.117. The van der Waals surface area contributed by atoms with Crippen LogP contribution in [0.2, 0.25) is 0 Å². The van der Waals surface area contributed by atoms with Crippen molar-refractivity contribution in [2.24, 2.45) is 11.7 Å². The Morgan fingerprint density at radius 1 is 1.39 bits per heavy atom. The van der Waals surface area contributed by atoms with Gasteiger partial charge >= 0.3 is 0 Å². The standard InChI is InChI=1S/C14H22N2OS/c1-4-18-13-8-6-5-7-12(13)16-14(17)11(15)9-10(2)3/h5-8,10-11H,4,9,15H2,1-3H3,(H,16,17). The van der Waals surface area contributed by atoms with Crippen molar-refractivity contribution in [2.75, 3.05) is 11.1 Å². The molecule has 18 heavy (non-hydrogen) atoms. The zero-order chi connectivity index (χ0) is 13.5. The van der Waals surface area contributed by atoms with Crippen LogP contribution in [0.3, 0.4) is 0 Å². The van der Waals surface area contributed by atoms with Gasteiger partial charge in [0.1, 0.15) is 0 Å². The third-order valence-electron chi connectivity index (χ3n) is 2.51. The molecule has 0 aromatic heterocycles. The lowest BCUT2D eigenvalue weighted by Gasteiger charge is -2.15. The van der Waals surface area contributed by atoms with Crippen molar-refractivity contribution in [3.8, 4) is 0 Å². The number of amides is 1. The monoisotopic (exact) mass is 266 g/mol. The molecule has 0 fully saturated rings. The smallest absolute Gasteiger partial charge is 0.241 e. The molecule has 1 amide bonds. The van der Waals surface area contributed by atoms with E-state index in [0.29, 0.717) is 12.3 Å². The summed E-state index contributed by atoms with van der Waals surface area (Å²) in [5.41, 5.74) is 6.73. The van der Waals surface area contributed by atoms with E-state index in [-0.39, 0.29) is 5.91 Å². The Labute approximate surface area is 114 Å². The Balaban J connectivity index is 2.69. The van der Waals surface area contributed by atoms with E-state index in [1.54, 1.807) is 11.8 Å². The average Bonchev–Trinajstić information content (AvgIpc) is 2.31. The molecule has 0 aliphatic carbocycles. The van der Waals surface area contributed by atoms with Crippen LogP contribution in [0.15, 0.2) is 29.2 Å². The van der Waals surface area contributed by atoms with Crippen molar-refractivity contribution >= 4 is 23.4 Å². The summed E-state index contributed by atoms with van der Waals surface area (Å²) in [6.45, 7) is 6.22. The second kappa shape index (κ2) is 7.44. The van der Waals surface area contributed by atoms with Crippen molar-refractivity contribution in [3.05, 3.63) is 24.3 Å². The van der Waals surface area contributed by atoms with Crippen molar-refractivity contribution in [2.45, 2.75) is 38.1 Å². The molecule has 0 bridgehead atoms. The summed E-state index contributed by atoms with van der Waals surface area (Å²) in [4.78, 5) is 13.0. The summed E-state index contributed by atoms with van der Waals surface area (Å²) >= 11 is 1.71. The fraction of sp³-hybridized carbons (Fsp3) is 0.500. The van der Waals surface area contributed by atoms with E-state index in [2.05, 4.69) is 26.1 Å². The number of carbonyl (C=O) groups is 1. The number of thioether (sulfide) groups is 1. The Morgan fingerprint density at radius 2 is 2.06 bits per heavy atom. The number of carbonyl (C=O) groups excluding carboxylic acids is 1. The van der Waals surface area contributed by atoms with Gasteiger partial charge in [-0.15, -0.1) is 11.8 Å². The third kappa shape index (κ3) is 4.70. The number of anilines is 1. The molecule has 0 heterocycles. The number of para-hydroxylation sites is 1. The highest BCUT2D eigenvalue weighted by Crippen LogP contribution is 2.26. The highest BCUT2D eigenvalue weighted by molar-refractivity contribution is 7.99. The van der Waals surface area contributed by atoms with E-state index in [0.717, 1.165) is 16.3 Å². The molecule has 0 saturated carbocycles. The normalized spacial score (nSPS) is 12.5. The minimum atomic E-state index is -0.440. The first-order valence-electron chi connectivity index (χ1n) is 6.32. The predicted molar refractivity (Wildman–Crippen MR) is 78.9 cm³/mol. The van der Waals surface area contributed by atoms with Crippen LogP contribution in [0.25, 0.3) is 0 Å². The number of hydrogen-bond acceptors (Lipinski definition) is 3. The Bertz CT molecular complexity index is 393. The van der Waals surface area contributed by atoms with Crippen LogP contribution in [0.4, 0.5) is 5.69 Å². The number of benzene rings is 1. The summed E-state index contributed by atoms with van der Waals surface area (Å²) in [6, 6.07) is 7.38.